The van der Waals surface area contributed by atoms with Gasteiger partial charge in [-0.2, -0.15) is 0 Å². The van der Waals surface area contributed by atoms with E-state index in [-0.39, 0.29) is 32.0 Å². The van der Waals surface area contributed by atoms with Gasteiger partial charge in [-0.3, -0.25) is 14.4 Å². The number of rotatable bonds is 40. The van der Waals surface area contributed by atoms with Crippen molar-refractivity contribution in [2.24, 2.45) is 0 Å². The smallest absolute Gasteiger partial charge is 0.309 e. The number of carbonyl (C=O) groups is 3. The molecule has 2 atom stereocenters. The van der Waals surface area contributed by atoms with Crippen LogP contribution in [0.4, 0.5) is 0 Å². The Bertz CT molecular complexity index is 1190. The molecule has 0 saturated heterocycles. The maximum atomic E-state index is 12.8. The van der Waals surface area contributed by atoms with Crippen LogP contribution in [0.2, 0.25) is 0 Å². The van der Waals surface area contributed by atoms with Gasteiger partial charge in [0.05, 0.1) is 34.2 Å². The van der Waals surface area contributed by atoms with Gasteiger partial charge < -0.3 is 23.4 Å². The number of allylic oxidation sites excluding steroid dienone is 12. The maximum absolute atomic E-state index is 12.8. The number of quaternary nitrogens is 1. The van der Waals surface area contributed by atoms with Gasteiger partial charge in [0.2, 0.25) is 0 Å². The second kappa shape index (κ2) is 41.5. The topological polar surface area (TPSA) is 88.1 Å². The Morgan fingerprint density at radius 2 is 0.949 bits per heavy atom. The number of hydrogen-bond donors (Lipinski definition) is 0. The largest absolute Gasteiger partial charge is 0.462 e. The van der Waals surface area contributed by atoms with Crippen LogP contribution >= 0.6 is 0 Å². The van der Waals surface area contributed by atoms with Crippen molar-refractivity contribution in [3.63, 3.8) is 0 Å². The van der Waals surface area contributed by atoms with Gasteiger partial charge in [0.15, 0.2) is 12.2 Å². The third-order valence-electron chi connectivity index (χ3n) is 9.51. The van der Waals surface area contributed by atoms with Crippen LogP contribution < -0.4 is 0 Å². The number of ether oxygens (including phenoxy) is 4. The Labute approximate surface area is 362 Å². The summed E-state index contributed by atoms with van der Waals surface area (Å²) in [6.45, 7) is 6.83. The van der Waals surface area contributed by atoms with Crippen LogP contribution in [-0.4, -0.2) is 82.1 Å². The van der Waals surface area contributed by atoms with Gasteiger partial charge in [-0.15, -0.1) is 0 Å². The SMILES string of the molecule is CCC=CCC=CCC=CCC=CCC=CCC=CCCC(=O)OC(COCCCCCCCCCCCCCCCCC)COC(=O)CC(C[N+](C)(C)C)OC(C)=O. The van der Waals surface area contributed by atoms with Gasteiger partial charge in [-0.1, -0.05) is 177 Å². The molecular weight excluding hydrogens is 739 g/mol. The lowest BCUT2D eigenvalue weighted by Gasteiger charge is -2.28. The van der Waals surface area contributed by atoms with Crippen molar-refractivity contribution in [1.29, 1.82) is 0 Å². The van der Waals surface area contributed by atoms with E-state index in [4.69, 9.17) is 18.9 Å². The van der Waals surface area contributed by atoms with Crippen LogP contribution in [0.3, 0.4) is 0 Å². The van der Waals surface area contributed by atoms with Crippen LogP contribution in [0.5, 0.6) is 0 Å². The van der Waals surface area contributed by atoms with Gasteiger partial charge in [0.25, 0.3) is 0 Å². The molecule has 2 unspecified atom stereocenters. The molecule has 0 aromatic rings. The van der Waals surface area contributed by atoms with Crippen molar-refractivity contribution in [1.82, 2.24) is 0 Å². The van der Waals surface area contributed by atoms with Gasteiger partial charge in [-0.25, -0.2) is 0 Å². The minimum Gasteiger partial charge on any atom is -0.462 e. The molecule has 0 aromatic carbocycles. The van der Waals surface area contributed by atoms with Crippen LogP contribution in [0.15, 0.2) is 72.9 Å². The molecule has 0 aliphatic carbocycles. The summed E-state index contributed by atoms with van der Waals surface area (Å²) in [5.74, 6) is -1.31. The molecule has 0 aliphatic rings. The van der Waals surface area contributed by atoms with Crippen molar-refractivity contribution in [3.05, 3.63) is 72.9 Å². The summed E-state index contributed by atoms with van der Waals surface area (Å²) in [5.41, 5.74) is 0. The zero-order valence-corrected chi connectivity index (χ0v) is 38.7. The third kappa shape index (κ3) is 44.2. The molecule has 8 nitrogen and oxygen atoms in total. The second-order valence-electron chi connectivity index (χ2n) is 16.7. The van der Waals surface area contributed by atoms with Gasteiger partial charge >= 0.3 is 17.9 Å². The van der Waals surface area contributed by atoms with Crippen molar-refractivity contribution in [2.75, 3.05) is 47.5 Å². The predicted molar refractivity (Wildman–Crippen MR) is 247 cm³/mol. The first-order valence-corrected chi connectivity index (χ1v) is 23.4. The lowest BCUT2D eigenvalue weighted by atomic mass is 10.0. The number of carbonyl (C=O) groups excluding carboxylic acids is 3. The highest BCUT2D eigenvalue weighted by atomic mass is 16.6. The standard InChI is InChI=1S/C51H88NO7/c1-7-9-11-13-15-17-19-21-23-24-25-26-27-29-31-33-35-37-39-41-50(54)59-49(46-57-51(55)43-48(58-47(3)53)44-52(4,5)6)45-56-42-40-38-36-34-32-30-28-22-20-18-16-14-12-10-8-2/h9,11,15,17,21,23,25-26,29,31,35,37,48-49H,7-8,10,12-14,16,18-20,22,24,27-28,30,32-34,36,38-46H2,1-6H3/q+1. The highest BCUT2D eigenvalue weighted by molar-refractivity contribution is 5.72. The molecule has 0 heterocycles. The zero-order valence-electron chi connectivity index (χ0n) is 38.7. The zero-order chi connectivity index (χ0) is 43.5. The summed E-state index contributed by atoms with van der Waals surface area (Å²) in [6.07, 6.45) is 50.5. The lowest BCUT2D eigenvalue weighted by Crippen LogP contribution is -2.44. The van der Waals surface area contributed by atoms with Crippen molar-refractivity contribution in [2.45, 2.75) is 187 Å². The fraction of sp³-hybridized carbons (Fsp3) is 0.706. The molecule has 338 valence electrons. The average molecular weight is 827 g/mol. The molecule has 0 saturated carbocycles. The summed E-state index contributed by atoms with van der Waals surface area (Å²) in [7, 11) is 5.90. The molecule has 0 spiro atoms. The van der Waals surface area contributed by atoms with Gasteiger partial charge in [0, 0.05) is 20.0 Å². The number of esters is 3. The number of nitrogens with zero attached hydrogens (tertiary/aromatic N) is 1. The first-order valence-electron chi connectivity index (χ1n) is 23.4. The summed E-state index contributed by atoms with van der Waals surface area (Å²) < 4.78 is 23.1. The second-order valence-corrected chi connectivity index (χ2v) is 16.7. The van der Waals surface area contributed by atoms with E-state index in [0.29, 0.717) is 24.1 Å². The van der Waals surface area contributed by atoms with E-state index in [9.17, 15) is 14.4 Å². The molecule has 59 heavy (non-hydrogen) atoms. The molecule has 0 bridgehead atoms. The van der Waals surface area contributed by atoms with Crippen molar-refractivity contribution in [3.8, 4) is 0 Å². The monoisotopic (exact) mass is 827 g/mol. The minimum atomic E-state index is -0.710. The predicted octanol–water partition coefficient (Wildman–Crippen LogP) is 12.8. The Hall–Kier alpha value is -3.23. The number of likely N-dealkylation sites (N-methyl/N-ethyl adjacent to an activating group) is 1. The molecule has 0 rings (SSSR count). The Balaban J connectivity index is 4.57. The van der Waals surface area contributed by atoms with Crippen molar-refractivity contribution < 1.29 is 37.8 Å². The van der Waals surface area contributed by atoms with Gasteiger partial charge in [-0.05, 0) is 51.4 Å². The van der Waals surface area contributed by atoms with Crippen LogP contribution in [-0.2, 0) is 33.3 Å². The summed E-state index contributed by atoms with van der Waals surface area (Å²) >= 11 is 0. The summed E-state index contributed by atoms with van der Waals surface area (Å²) in [5, 5.41) is 0. The molecule has 0 amide bonds. The van der Waals surface area contributed by atoms with E-state index >= 15 is 0 Å². The van der Waals surface area contributed by atoms with E-state index in [1.165, 1.54) is 90.4 Å². The Kier molecular flexibility index (Phi) is 39.2. The van der Waals surface area contributed by atoms with Crippen LogP contribution in [0, 0.1) is 0 Å². The maximum Gasteiger partial charge on any atom is 0.309 e. The average Bonchev–Trinajstić information content (AvgIpc) is 3.18. The summed E-state index contributed by atoms with van der Waals surface area (Å²) in [6, 6.07) is 0. The molecular formula is C51H88NO7+. The van der Waals surface area contributed by atoms with E-state index in [1.807, 2.05) is 27.2 Å². The normalized spacial score (nSPS) is 13.5. The number of hydrogen-bond acceptors (Lipinski definition) is 7. The fourth-order valence-corrected chi connectivity index (χ4v) is 6.41. The van der Waals surface area contributed by atoms with E-state index in [1.54, 1.807) is 0 Å². The third-order valence-corrected chi connectivity index (χ3v) is 9.51. The van der Waals surface area contributed by atoms with E-state index in [2.05, 4.69) is 80.7 Å². The molecule has 0 aromatic heterocycles. The Morgan fingerprint density at radius 3 is 1.39 bits per heavy atom. The molecule has 0 radical (unpaired) electrons. The lowest BCUT2D eigenvalue weighted by molar-refractivity contribution is -0.873. The van der Waals surface area contributed by atoms with E-state index < -0.39 is 24.1 Å². The van der Waals surface area contributed by atoms with Crippen molar-refractivity contribution >= 4 is 17.9 Å². The van der Waals surface area contributed by atoms with Crippen LogP contribution in [0.25, 0.3) is 0 Å². The quantitative estimate of drug-likeness (QED) is 0.0200. The molecule has 0 N–H and O–H groups in total. The van der Waals surface area contributed by atoms with E-state index in [0.717, 1.165) is 51.4 Å². The highest BCUT2D eigenvalue weighted by Gasteiger charge is 2.26. The minimum absolute atomic E-state index is 0.0710. The number of unbranched alkanes of at least 4 members (excludes halogenated alkanes) is 14. The molecule has 8 heteroatoms. The van der Waals surface area contributed by atoms with Crippen LogP contribution in [0.1, 0.15) is 175 Å². The summed E-state index contributed by atoms with van der Waals surface area (Å²) in [4.78, 5) is 37.2. The first kappa shape index (κ1) is 55.8. The highest BCUT2D eigenvalue weighted by Crippen LogP contribution is 2.14. The fourth-order valence-electron chi connectivity index (χ4n) is 6.41. The van der Waals surface area contributed by atoms with Gasteiger partial charge in [0.1, 0.15) is 13.2 Å². The molecule has 0 aliphatic heterocycles. The first-order chi connectivity index (χ1) is 28.6. The Morgan fingerprint density at radius 1 is 0.508 bits per heavy atom. The molecule has 0 fully saturated rings.